The lowest BCUT2D eigenvalue weighted by atomic mass is 10.1. The number of nitrogens with zero attached hydrogens (tertiary/aromatic N) is 1. The van der Waals surface area contributed by atoms with Crippen molar-refractivity contribution in [2.24, 2.45) is 0 Å². The maximum absolute atomic E-state index is 9.82. The van der Waals surface area contributed by atoms with Gasteiger partial charge in [-0.25, -0.2) is 0 Å². The van der Waals surface area contributed by atoms with Gasteiger partial charge in [0.1, 0.15) is 0 Å². The highest BCUT2D eigenvalue weighted by molar-refractivity contribution is 5.82. The van der Waals surface area contributed by atoms with E-state index in [4.69, 9.17) is 5.26 Å². The van der Waals surface area contributed by atoms with E-state index in [1.807, 2.05) is 12.1 Å². The Balaban J connectivity index is 2.62. The zero-order chi connectivity index (χ0) is 11.1. The molecular formula is C12H12N2O. The van der Waals surface area contributed by atoms with Gasteiger partial charge in [0, 0.05) is 11.2 Å². The minimum Gasteiger partial charge on any atom is -0.384 e. The van der Waals surface area contributed by atoms with Crippen molar-refractivity contribution in [1.82, 2.24) is 4.98 Å². The Labute approximate surface area is 88.0 Å². The zero-order valence-electron chi connectivity index (χ0n) is 8.70. The number of hydrogen-bond donors (Lipinski definition) is 2. The first-order chi connectivity index (χ1) is 7.00. The maximum Gasteiger partial charge on any atom is 0.0992 e. The van der Waals surface area contributed by atoms with Gasteiger partial charge in [-0.3, -0.25) is 0 Å². The Bertz CT molecular complexity index is 541. The lowest BCUT2D eigenvalue weighted by Crippen LogP contribution is -2.15. The molecule has 0 aliphatic rings. The van der Waals surface area contributed by atoms with Gasteiger partial charge in [-0.1, -0.05) is 6.07 Å². The molecule has 76 valence electrons. The highest BCUT2D eigenvalue weighted by atomic mass is 16.3. The Morgan fingerprint density at radius 1 is 1.33 bits per heavy atom. The van der Waals surface area contributed by atoms with Crippen molar-refractivity contribution in [2.75, 3.05) is 0 Å². The van der Waals surface area contributed by atoms with Crippen LogP contribution in [0.4, 0.5) is 0 Å². The molecule has 2 aromatic rings. The average molecular weight is 200 g/mol. The predicted molar refractivity (Wildman–Crippen MR) is 58.3 cm³/mol. The number of aliphatic hydroxyl groups is 1. The number of aromatic nitrogens is 1. The van der Waals surface area contributed by atoms with Crippen LogP contribution in [0.5, 0.6) is 0 Å². The number of nitrogens with one attached hydrogen (secondary N) is 1. The molecular weight excluding hydrogens is 188 g/mol. The molecule has 1 heterocycles. The molecule has 1 aromatic carbocycles. The van der Waals surface area contributed by atoms with Gasteiger partial charge in [-0.15, -0.1) is 0 Å². The fraction of sp³-hybridized carbons (Fsp3) is 0.250. The number of H-pyrrole nitrogens is 1. The molecule has 0 unspecified atom stereocenters. The smallest absolute Gasteiger partial charge is 0.0992 e. The molecule has 0 aliphatic heterocycles. The first kappa shape index (κ1) is 9.75. The van der Waals surface area contributed by atoms with Crippen LogP contribution in [0.1, 0.15) is 25.1 Å². The van der Waals surface area contributed by atoms with Crippen molar-refractivity contribution in [3.63, 3.8) is 0 Å². The SMILES string of the molecule is CC(C)(O)c1cc2ccc(C#N)cc2[nH]1. The molecule has 0 atom stereocenters. The van der Waals surface area contributed by atoms with Crippen LogP contribution in [0.15, 0.2) is 24.3 Å². The minimum atomic E-state index is -0.883. The van der Waals surface area contributed by atoms with Gasteiger partial charge in [0.2, 0.25) is 0 Å². The first-order valence-electron chi connectivity index (χ1n) is 4.76. The molecule has 2 N–H and O–H groups in total. The Hall–Kier alpha value is -1.79. The van der Waals surface area contributed by atoms with Crippen LogP contribution in [0.3, 0.4) is 0 Å². The average Bonchev–Trinajstić information content (AvgIpc) is 2.59. The summed E-state index contributed by atoms with van der Waals surface area (Å²) >= 11 is 0. The zero-order valence-corrected chi connectivity index (χ0v) is 8.70. The lowest BCUT2D eigenvalue weighted by molar-refractivity contribution is 0.0747. The van der Waals surface area contributed by atoms with E-state index in [2.05, 4.69) is 11.1 Å². The van der Waals surface area contributed by atoms with E-state index in [1.165, 1.54) is 0 Å². The van der Waals surface area contributed by atoms with E-state index in [0.717, 1.165) is 16.6 Å². The second kappa shape index (κ2) is 3.11. The fourth-order valence-electron chi connectivity index (χ4n) is 1.53. The normalized spacial score (nSPS) is 11.6. The predicted octanol–water partition coefficient (Wildman–Crippen LogP) is 2.27. The Morgan fingerprint density at radius 2 is 2.07 bits per heavy atom. The molecule has 0 aliphatic carbocycles. The van der Waals surface area contributed by atoms with Crippen LogP contribution < -0.4 is 0 Å². The summed E-state index contributed by atoms with van der Waals surface area (Å²) in [5.74, 6) is 0. The summed E-state index contributed by atoms with van der Waals surface area (Å²) in [6.45, 7) is 3.45. The molecule has 3 heteroatoms. The van der Waals surface area contributed by atoms with Crippen LogP contribution in [-0.2, 0) is 5.60 Å². The summed E-state index contributed by atoms with van der Waals surface area (Å²) in [7, 11) is 0. The van der Waals surface area contributed by atoms with Gasteiger partial charge in [-0.05, 0) is 37.4 Å². The molecule has 3 nitrogen and oxygen atoms in total. The molecule has 15 heavy (non-hydrogen) atoms. The number of aromatic amines is 1. The van der Waals surface area contributed by atoms with Crippen molar-refractivity contribution >= 4 is 10.9 Å². The Morgan fingerprint density at radius 3 is 2.67 bits per heavy atom. The van der Waals surface area contributed by atoms with E-state index in [0.29, 0.717) is 5.56 Å². The molecule has 0 radical (unpaired) electrons. The minimum absolute atomic E-state index is 0.617. The van der Waals surface area contributed by atoms with Crippen LogP contribution in [-0.4, -0.2) is 10.1 Å². The molecule has 0 amide bonds. The Kier molecular flexibility index (Phi) is 2.02. The van der Waals surface area contributed by atoms with Gasteiger partial charge in [0.05, 0.1) is 17.2 Å². The maximum atomic E-state index is 9.82. The molecule has 1 aromatic heterocycles. The highest BCUT2D eigenvalue weighted by Crippen LogP contribution is 2.24. The van der Waals surface area contributed by atoms with E-state index in [1.54, 1.807) is 26.0 Å². The molecule has 0 saturated carbocycles. The second-order valence-electron chi connectivity index (χ2n) is 4.16. The van der Waals surface area contributed by atoms with Gasteiger partial charge in [0.25, 0.3) is 0 Å². The van der Waals surface area contributed by atoms with E-state index < -0.39 is 5.60 Å². The molecule has 0 spiro atoms. The number of rotatable bonds is 1. The summed E-state index contributed by atoms with van der Waals surface area (Å²) in [5, 5.41) is 19.6. The van der Waals surface area contributed by atoms with Gasteiger partial charge >= 0.3 is 0 Å². The van der Waals surface area contributed by atoms with E-state index in [-0.39, 0.29) is 0 Å². The van der Waals surface area contributed by atoms with Crippen LogP contribution >= 0.6 is 0 Å². The van der Waals surface area contributed by atoms with E-state index in [9.17, 15) is 5.11 Å². The third-order valence-electron chi connectivity index (χ3n) is 2.41. The third kappa shape index (κ3) is 1.72. The quantitative estimate of drug-likeness (QED) is 0.741. The largest absolute Gasteiger partial charge is 0.384 e. The number of benzene rings is 1. The van der Waals surface area contributed by atoms with Crippen molar-refractivity contribution in [2.45, 2.75) is 19.4 Å². The third-order valence-corrected chi connectivity index (χ3v) is 2.41. The number of hydrogen-bond acceptors (Lipinski definition) is 2. The summed E-state index contributed by atoms with van der Waals surface area (Å²) in [5.41, 5.74) is 1.37. The fourth-order valence-corrected chi connectivity index (χ4v) is 1.53. The van der Waals surface area contributed by atoms with Crippen molar-refractivity contribution in [3.05, 3.63) is 35.5 Å². The summed E-state index contributed by atoms with van der Waals surface area (Å²) in [4.78, 5) is 3.11. The van der Waals surface area contributed by atoms with Crippen LogP contribution in [0.25, 0.3) is 10.9 Å². The summed E-state index contributed by atoms with van der Waals surface area (Å²) in [6.07, 6.45) is 0. The first-order valence-corrected chi connectivity index (χ1v) is 4.76. The van der Waals surface area contributed by atoms with Crippen LogP contribution in [0, 0.1) is 11.3 Å². The molecule has 0 bridgehead atoms. The monoisotopic (exact) mass is 200 g/mol. The van der Waals surface area contributed by atoms with E-state index >= 15 is 0 Å². The van der Waals surface area contributed by atoms with Gasteiger partial charge in [-0.2, -0.15) is 5.26 Å². The topological polar surface area (TPSA) is 59.8 Å². The summed E-state index contributed by atoms with van der Waals surface area (Å²) in [6, 6.07) is 9.41. The van der Waals surface area contributed by atoms with Crippen LogP contribution in [0.2, 0.25) is 0 Å². The van der Waals surface area contributed by atoms with Crippen molar-refractivity contribution in [1.29, 1.82) is 5.26 Å². The lowest BCUT2D eigenvalue weighted by Gasteiger charge is -2.14. The highest BCUT2D eigenvalue weighted by Gasteiger charge is 2.18. The van der Waals surface area contributed by atoms with Gasteiger partial charge < -0.3 is 10.1 Å². The van der Waals surface area contributed by atoms with Crippen molar-refractivity contribution < 1.29 is 5.11 Å². The summed E-state index contributed by atoms with van der Waals surface area (Å²) < 4.78 is 0. The second-order valence-corrected chi connectivity index (χ2v) is 4.16. The molecule has 0 saturated heterocycles. The molecule has 0 fully saturated rings. The molecule has 2 rings (SSSR count). The number of nitriles is 1. The number of fused-ring (bicyclic) bond motifs is 1. The van der Waals surface area contributed by atoms with Crippen molar-refractivity contribution in [3.8, 4) is 6.07 Å². The standard InChI is InChI=1S/C12H12N2O/c1-12(2,15)11-6-9-4-3-8(7-13)5-10(9)14-11/h3-6,14-15H,1-2H3. The van der Waals surface area contributed by atoms with Gasteiger partial charge in [0.15, 0.2) is 0 Å².